The Morgan fingerprint density at radius 2 is 1.87 bits per heavy atom. The van der Waals surface area contributed by atoms with E-state index in [2.05, 4.69) is 15.9 Å². The van der Waals surface area contributed by atoms with E-state index in [0.717, 1.165) is 0 Å². The second kappa shape index (κ2) is 5.63. The highest BCUT2D eigenvalue weighted by molar-refractivity contribution is 9.09. The lowest BCUT2D eigenvalue weighted by Crippen LogP contribution is -2.32. The lowest BCUT2D eigenvalue weighted by molar-refractivity contribution is 0.448. The zero-order valence-corrected chi connectivity index (χ0v) is 11.0. The Balaban J connectivity index is 3.01. The third-order valence-electron chi connectivity index (χ3n) is 2.07. The maximum absolute atomic E-state index is 12.1. The monoisotopic (exact) mass is 291 g/mol. The van der Waals surface area contributed by atoms with Gasteiger partial charge in [0.2, 0.25) is 10.0 Å². The molecule has 1 aromatic rings. The van der Waals surface area contributed by atoms with Crippen LogP contribution >= 0.6 is 15.9 Å². The van der Waals surface area contributed by atoms with E-state index in [-0.39, 0.29) is 0 Å². The number of nitrogens with zero attached hydrogens (tertiary/aromatic N) is 1. The molecular formula is C10H14BrNO2S. The first kappa shape index (κ1) is 12.7. The van der Waals surface area contributed by atoms with Crippen LogP contribution in [-0.4, -0.2) is 31.1 Å². The van der Waals surface area contributed by atoms with E-state index >= 15 is 0 Å². The molecule has 0 aliphatic heterocycles. The van der Waals surface area contributed by atoms with Gasteiger partial charge in [0.15, 0.2) is 0 Å². The van der Waals surface area contributed by atoms with Crippen LogP contribution in [0.5, 0.6) is 0 Å². The van der Waals surface area contributed by atoms with E-state index in [1.165, 1.54) is 4.31 Å². The Bertz CT molecular complexity index is 391. The molecule has 0 aliphatic rings. The second-order valence-electron chi connectivity index (χ2n) is 3.00. The van der Waals surface area contributed by atoms with Crippen molar-refractivity contribution >= 4 is 26.0 Å². The minimum atomic E-state index is -3.31. The van der Waals surface area contributed by atoms with E-state index in [0.29, 0.717) is 23.3 Å². The number of sulfonamides is 1. The van der Waals surface area contributed by atoms with Crippen molar-refractivity contribution in [2.24, 2.45) is 0 Å². The molecule has 0 fully saturated rings. The lowest BCUT2D eigenvalue weighted by atomic mass is 10.4. The van der Waals surface area contributed by atoms with Gasteiger partial charge in [-0.3, -0.25) is 0 Å². The minimum Gasteiger partial charge on any atom is -0.207 e. The molecule has 0 N–H and O–H groups in total. The highest BCUT2D eigenvalue weighted by atomic mass is 79.9. The van der Waals surface area contributed by atoms with Gasteiger partial charge in [-0.15, -0.1) is 0 Å². The summed E-state index contributed by atoms with van der Waals surface area (Å²) in [5.74, 6) is 0. The van der Waals surface area contributed by atoms with E-state index in [1.54, 1.807) is 30.3 Å². The Kier molecular flexibility index (Phi) is 4.76. The fourth-order valence-electron chi connectivity index (χ4n) is 1.28. The Labute approximate surface area is 99.3 Å². The summed E-state index contributed by atoms with van der Waals surface area (Å²) < 4.78 is 25.6. The maximum Gasteiger partial charge on any atom is 0.243 e. The average molecular weight is 292 g/mol. The molecule has 3 nitrogen and oxygen atoms in total. The fraction of sp³-hybridized carbons (Fsp3) is 0.400. The molecule has 0 spiro atoms. The highest BCUT2D eigenvalue weighted by Crippen LogP contribution is 2.14. The maximum atomic E-state index is 12.1. The van der Waals surface area contributed by atoms with Crippen LogP contribution in [0.15, 0.2) is 35.2 Å². The van der Waals surface area contributed by atoms with Crippen LogP contribution in [0, 0.1) is 0 Å². The SMILES string of the molecule is CCN(CCBr)S(=O)(=O)c1ccccc1. The molecule has 0 atom stereocenters. The minimum absolute atomic E-state index is 0.354. The Hall–Kier alpha value is -0.390. The summed E-state index contributed by atoms with van der Waals surface area (Å²) in [7, 11) is -3.31. The normalized spacial score (nSPS) is 11.9. The zero-order chi connectivity index (χ0) is 11.3. The average Bonchev–Trinajstić information content (AvgIpc) is 2.27. The molecule has 0 aliphatic carbocycles. The third-order valence-corrected chi connectivity index (χ3v) is 4.41. The van der Waals surface area contributed by atoms with Crippen LogP contribution in [0.25, 0.3) is 0 Å². The molecule has 5 heteroatoms. The van der Waals surface area contributed by atoms with Gasteiger partial charge in [0, 0.05) is 18.4 Å². The van der Waals surface area contributed by atoms with Crippen LogP contribution < -0.4 is 0 Å². The van der Waals surface area contributed by atoms with E-state index in [9.17, 15) is 8.42 Å². The number of benzene rings is 1. The summed E-state index contributed by atoms with van der Waals surface area (Å²) in [5, 5.41) is 0.646. The van der Waals surface area contributed by atoms with Crippen LogP contribution in [0.3, 0.4) is 0 Å². The van der Waals surface area contributed by atoms with Crippen molar-refractivity contribution < 1.29 is 8.42 Å². The predicted molar refractivity (Wildman–Crippen MR) is 64.7 cm³/mol. The topological polar surface area (TPSA) is 37.4 Å². The molecule has 0 unspecified atom stereocenters. The van der Waals surface area contributed by atoms with Gasteiger partial charge >= 0.3 is 0 Å². The molecule has 1 rings (SSSR count). The molecule has 15 heavy (non-hydrogen) atoms. The number of rotatable bonds is 5. The first-order valence-corrected chi connectivity index (χ1v) is 7.30. The van der Waals surface area contributed by atoms with E-state index in [4.69, 9.17) is 0 Å². The highest BCUT2D eigenvalue weighted by Gasteiger charge is 2.21. The Morgan fingerprint density at radius 3 is 2.33 bits per heavy atom. The number of hydrogen-bond donors (Lipinski definition) is 0. The van der Waals surface area contributed by atoms with Gasteiger partial charge < -0.3 is 0 Å². The predicted octanol–water partition coefficient (Wildman–Crippen LogP) is 2.09. The summed E-state index contributed by atoms with van der Waals surface area (Å²) >= 11 is 3.25. The summed E-state index contributed by atoms with van der Waals surface area (Å²) in [5.41, 5.74) is 0. The van der Waals surface area contributed by atoms with Crippen LogP contribution in [0.1, 0.15) is 6.92 Å². The smallest absolute Gasteiger partial charge is 0.207 e. The Morgan fingerprint density at radius 1 is 1.27 bits per heavy atom. The van der Waals surface area contributed by atoms with Gasteiger partial charge in [0.25, 0.3) is 0 Å². The first-order chi connectivity index (χ1) is 7.12. The molecular weight excluding hydrogens is 278 g/mol. The standard InChI is InChI=1S/C10H14BrNO2S/c1-2-12(9-8-11)15(13,14)10-6-4-3-5-7-10/h3-7H,2,8-9H2,1H3. The van der Waals surface area contributed by atoms with Crippen LogP contribution in [0.4, 0.5) is 0 Å². The molecule has 0 radical (unpaired) electrons. The number of halogens is 1. The van der Waals surface area contributed by atoms with Crippen molar-refractivity contribution in [2.75, 3.05) is 18.4 Å². The van der Waals surface area contributed by atoms with Gasteiger partial charge in [-0.25, -0.2) is 8.42 Å². The molecule has 0 heterocycles. The van der Waals surface area contributed by atoms with Gasteiger partial charge in [0.05, 0.1) is 4.90 Å². The van der Waals surface area contributed by atoms with Crippen molar-refractivity contribution in [1.29, 1.82) is 0 Å². The molecule has 0 saturated heterocycles. The number of hydrogen-bond acceptors (Lipinski definition) is 2. The lowest BCUT2D eigenvalue weighted by Gasteiger charge is -2.19. The van der Waals surface area contributed by atoms with Gasteiger partial charge in [0.1, 0.15) is 0 Å². The summed E-state index contributed by atoms with van der Waals surface area (Å²) in [6, 6.07) is 8.50. The molecule has 84 valence electrons. The van der Waals surface area contributed by atoms with Crippen molar-refractivity contribution in [2.45, 2.75) is 11.8 Å². The summed E-state index contributed by atoms with van der Waals surface area (Å²) in [4.78, 5) is 0.354. The molecule has 0 amide bonds. The third kappa shape index (κ3) is 3.03. The summed E-state index contributed by atoms with van der Waals surface area (Å²) in [6.45, 7) is 2.82. The van der Waals surface area contributed by atoms with Gasteiger partial charge in [-0.2, -0.15) is 4.31 Å². The molecule has 0 saturated carbocycles. The van der Waals surface area contributed by atoms with Crippen molar-refractivity contribution in [3.05, 3.63) is 30.3 Å². The van der Waals surface area contributed by atoms with Gasteiger partial charge in [-0.05, 0) is 12.1 Å². The number of alkyl halides is 1. The van der Waals surface area contributed by atoms with E-state index in [1.807, 2.05) is 6.92 Å². The largest absolute Gasteiger partial charge is 0.243 e. The van der Waals surface area contributed by atoms with Crippen molar-refractivity contribution in [3.8, 4) is 0 Å². The molecule has 0 bridgehead atoms. The van der Waals surface area contributed by atoms with Crippen molar-refractivity contribution in [1.82, 2.24) is 4.31 Å². The summed E-state index contributed by atoms with van der Waals surface area (Å²) in [6.07, 6.45) is 0. The van der Waals surface area contributed by atoms with Crippen molar-refractivity contribution in [3.63, 3.8) is 0 Å². The quantitative estimate of drug-likeness (QED) is 0.779. The first-order valence-electron chi connectivity index (χ1n) is 4.74. The zero-order valence-electron chi connectivity index (χ0n) is 8.56. The molecule has 1 aromatic carbocycles. The van der Waals surface area contributed by atoms with Crippen LogP contribution in [0.2, 0.25) is 0 Å². The van der Waals surface area contributed by atoms with Gasteiger partial charge in [-0.1, -0.05) is 41.1 Å². The van der Waals surface area contributed by atoms with Crippen LogP contribution in [-0.2, 0) is 10.0 Å². The molecule has 0 aromatic heterocycles. The fourth-order valence-corrected chi connectivity index (χ4v) is 3.42. The second-order valence-corrected chi connectivity index (χ2v) is 5.73. The van der Waals surface area contributed by atoms with E-state index < -0.39 is 10.0 Å².